The third-order valence-corrected chi connectivity index (χ3v) is 5.14. The Morgan fingerprint density at radius 2 is 1.71 bits per heavy atom. The summed E-state index contributed by atoms with van der Waals surface area (Å²) < 4.78 is 28.1. The second kappa shape index (κ2) is 10.1. The molecule has 0 saturated heterocycles. The quantitative estimate of drug-likeness (QED) is 0.468. The molecule has 0 N–H and O–H groups in total. The summed E-state index contributed by atoms with van der Waals surface area (Å²) in [4.78, 5) is 14.5. The van der Waals surface area contributed by atoms with Gasteiger partial charge in [0.1, 0.15) is 5.75 Å². The highest BCUT2D eigenvalue weighted by Gasteiger charge is 2.14. The van der Waals surface area contributed by atoms with Crippen LogP contribution in [-0.4, -0.2) is 31.5 Å². The van der Waals surface area contributed by atoms with E-state index in [0.717, 1.165) is 11.1 Å². The molecule has 1 amide bonds. The van der Waals surface area contributed by atoms with E-state index in [9.17, 15) is 13.2 Å². The molecular weight excluding hydrogens is 374 g/mol. The van der Waals surface area contributed by atoms with Crippen molar-refractivity contribution in [1.82, 2.24) is 4.90 Å². The summed E-state index contributed by atoms with van der Waals surface area (Å²) in [6.45, 7) is 6.72. The third-order valence-electron chi connectivity index (χ3n) is 3.99. The second-order valence-electron chi connectivity index (χ2n) is 6.93. The van der Waals surface area contributed by atoms with Crippen LogP contribution in [-0.2, 0) is 21.5 Å². The van der Waals surface area contributed by atoms with Crippen LogP contribution in [0.25, 0.3) is 6.08 Å². The van der Waals surface area contributed by atoms with Gasteiger partial charge in [0.2, 0.25) is 5.91 Å². The van der Waals surface area contributed by atoms with Gasteiger partial charge in [-0.3, -0.25) is 4.79 Å². The van der Waals surface area contributed by atoms with Gasteiger partial charge in [-0.05, 0) is 42.2 Å². The molecule has 0 spiro atoms. The van der Waals surface area contributed by atoms with Crippen LogP contribution in [0.3, 0.4) is 0 Å². The summed E-state index contributed by atoms with van der Waals surface area (Å²) in [5.74, 6) is 0.452. The average Bonchev–Trinajstić information content (AvgIpc) is 2.67. The Labute approximate surface area is 167 Å². The van der Waals surface area contributed by atoms with Crippen LogP contribution in [0, 0.1) is 5.92 Å². The Bertz CT molecular complexity index is 888. The fraction of sp³-hybridized carbons (Fsp3) is 0.318. The lowest BCUT2D eigenvalue weighted by molar-refractivity contribution is -0.127. The molecule has 0 unspecified atom stereocenters. The summed E-state index contributed by atoms with van der Waals surface area (Å²) >= 11 is 0. The maximum absolute atomic E-state index is 12.7. The molecule has 0 aliphatic heterocycles. The minimum atomic E-state index is -3.55. The topological polar surface area (TPSA) is 63.7 Å². The maximum Gasteiger partial charge on any atom is 0.308 e. The van der Waals surface area contributed by atoms with Gasteiger partial charge in [0.15, 0.2) is 0 Å². The fourth-order valence-electron chi connectivity index (χ4n) is 2.59. The number of hydrogen-bond donors (Lipinski definition) is 0. The van der Waals surface area contributed by atoms with E-state index < -0.39 is 10.1 Å². The van der Waals surface area contributed by atoms with Crippen molar-refractivity contribution in [3.8, 4) is 5.75 Å². The molecule has 150 valence electrons. The Balaban J connectivity index is 2.09. The second-order valence-corrected chi connectivity index (χ2v) is 8.79. The van der Waals surface area contributed by atoms with Crippen molar-refractivity contribution < 1.29 is 17.4 Å². The number of hydrogen-bond acceptors (Lipinski definition) is 4. The number of nitrogens with zero attached hydrogens (tertiary/aromatic N) is 1. The van der Waals surface area contributed by atoms with Crippen LogP contribution in [0.15, 0.2) is 60.7 Å². The molecule has 2 aromatic carbocycles. The van der Waals surface area contributed by atoms with Crippen LogP contribution in [0.1, 0.15) is 31.9 Å². The fourth-order valence-corrected chi connectivity index (χ4v) is 3.11. The average molecular weight is 402 g/mol. The van der Waals surface area contributed by atoms with Gasteiger partial charge < -0.3 is 9.08 Å². The van der Waals surface area contributed by atoms with E-state index in [1.807, 2.05) is 36.4 Å². The van der Waals surface area contributed by atoms with Gasteiger partial charge in [-0.2, -0.15) is 8.42 Å². The zero-order chi connectivity index (χ0) is 20.6. The number of amides is 1. The first-order chi connectivity index (χ1) is 13.3. The number of benzene rings is 2. The standard InChI is InChI=1S/C22H27NO4S/c1-4-28(25,26)27-21-13-10-20(11-14-21)17-23(16-18(2)3)22(24)15-12-19-8-6-5-7-9-19/h5-15,18H,4,16-17H2,1-3H3. The van der Waals surface area contributed by atoms with Crippen molar-refractivity contribution in [3.63, 3.8) is 0 Å². The SMILES string of the molecule is CCS(=O)(=O)Oc1ccc(CN(CC(C)C)C(=O)C=Cc2ccccc2)cc1. The zero-order valence-corrected chi connectivity index (χ0v) is 17.4. The minimum absolute atomic E-state index is 0.0635. The smallest absolute Gasteiger partial charge is 0.308 e. The predicted molar refractivity (Wildman–Crippen MR) is 112 cm³/mol. The molecule has 0 aliphatic rings. The van der Waals surface area contributed by atoms with Gasteiger partial charge in [0, 0.05) is 19.2 Å². The summed E-state index contributed by atoms with van der Waals surface area (Å²) in [7, 11) is -3.55. The van der Waals surface area contributed by atoms with Gasteiger partial charge in [0.25, 0.3) is 0 Å². The van der Waals surface area contributed by atoms with E-state index in [4.69, 9.17) is 4.18 Å². The molecule has 5 nitrogen and oxygen atoms in total. The van der Waals surface area contributed by atoms with Gasteiger partial charge in [0.05, 0.1) is 5.75 Å². The molecule has 0 aliphatic carbocycles. The van der Waals surface area contributed by atoms with E-state index in [1.165, 1.54) is 6.92 Å². The van der Waals surface area contributed by atoms with Gasteiger partial charge in [-0.1, -0.05) is 56.3 Å². The molecule has 0 aromatic heterocycles. The highest BCUT2D eigenvalue weighted by atomic mass is 32.2. The minimum Gasteiger partial charge on any atom is -0.382 e. The van der Waals surface area contributed by atoms with Crippen LogP contribution in [0.4, 0.5) is 0 Å². The van der Waals surface area contributed by atoms with Crippen LogP contribution >= 0.6 is 0 Å². The van der Waals surface area contributed by atoms with Gasteiger partial charge in [-0.25, -0.2) is 0 Å². The largest absolute Gasteiger partial charge is 0.382 e. The summed E-state index contributed by atoms with van der Waals surface area (Å²) in [6.07, 6.45) is 3.39. The lowest BCUT2D eigenvalue weighted by Crippen LogP contribution is -2.32. The zero-order valence-electron chi connectivity index (χ0n) is 16.5. The van der Waals surface area contributed by atoms with Crippen LogP contribution in [0.2, 0.25) is 0 Å². The van der Waals surface area contributed by atoms with E-state index >= 15 is 0 Å². The lowest BCUT2D eigenvalue weighted by atomic mass is 10.1. The van der Waals surface area contributed by atoms with Gasteiger partial charge >= 0.3 is 10.1 Å². The normalized spacial score (nSPS) is 11.7. The summed E-state index contributed by atoms with van der Waals surface area (Å²) in [6, 6.07) is 16.5. The molecule has 6 heteroatoms. The van der Waals surface area contributed by atoms with Crippen LogP contribution in [0.5, 0.6) is 5.75 Å². The number of rotatable bonds is 9. The van der Waals surface area contributed by atoms with Gasteiger partial charge in [-0.15, -0.1) is 0 Å². The van der Waals surface area contributed by atoms with Crippen molar-refractivity contribution in [2.45, 2.75) is 27.3 Å². The first-order valence-electron chi connectivity index (χ1n) is 9.32. The first kappa shape index (κ1) is 21.7. The first-order valence-corrected chi connectivity index (χ1v) is 10.9. The third kappa shape index (κ3) is 7.19. The van der Waals surface area contributed by atoms with E-state index in [0.29, 0.717) is 19.0 Å². The molecule has 0 heterocycles. The highest BCUT2D eigenvalue weighted by Crippen LogP contribution is 2.17. The van der Waals surface area contributed by atoms with Crippen molar-refractivity contribution in [3.05, 3.63) is 71.8 Å². The highest BCUT2D eigenvalue weighted by molar-refractivity contribution is 7.87. The Morgan fingerprint density at radius 1 is 1.07 bits per heavy atom. The maximum atomic E-state index is 12.7. The molecule has 28 heavy (non-hydrogen) atoms. The molecule has 0 bridgehead atoms. The summed E-state index contributed by atoms with van der Waals surface area (Å²) in [5, 5.41) is 0. The van der Waals surface area contributed by atoms with Crippen molar-refractivity contribution >= 4 is 22.1 Å². The molecule has 2 rings (SSSR count). The van der Waals surface area contributed by atoms with Crippen molar-refractivity contribution in [2.24, 2.45) is 5.92 Å². The predicted octanol–water partition coefficient (Wildman–Crippen LogP) is 4.11. The molecular formula is C22H27NO4S. The molecule has 0 fully saturated rings. The number of carbonyl (C=O) groups excluding carboxylic acids is 1. The lowest BCUT2D eigenvalue weighted by Gasteiger charge is -2.23. The Hall–Kier alpha value is -2.60. The molecule has 2 aromatic rings. The van der Waals surface area contributed by atoms with E-state index in [-0.39, 0.29) is 17.4 Å². The van der Waals surface area contributed by atoms with E-state index in [1.54, 1.807) is 35.2 Å². The molecule has 0 atom stereocenters. The number of carbonyl (C=O) groups is 1. The molecule has 0 radical (unpaired) electrons. The Morgan fingerprint density at radius 3 is 2.29 bits per heavy atom. The van der Waals surface area contributed by atoms with Crippen molar-refractivity contribution in [1.29, 1.82) is 0 Å². The Kier molecular flexibility index (Phi) is 7.81. The van der Waals surface area contributed by atoms with Crippen molar-refractivity contribution in [2.75, 3.05) is 12.3 Å². The molecule has 0 saturated carbocycles. The van der Waals surface area contributed by atoms with Crippen LogP contribution < -0.4 is 4.18 Å². The summed E-state index contributed by atoms with van der Waals surface area (Å²) in [5.41, 5.74) is 1.88. The van der Waals surface area contributed by atoms with E-state index in [2.05, 4.69) is 13.8 Å². The monoisotopic (exact) mass is 401 g/mol.